The highest BCUT2D eigenvalue weighted by atomic mass is 32.2. The number of hydrogen-bond acceptors (Lipinski definition) is 5. The molecule has 2 heterocycles. The van der Waals surface area contributed by atoms with Crippen molar-refractivity contribution in [3.63, 3.8) is 0 Å². The zero-order valence-corrected chi connectivity index (χ0v) is 20.8. The van der Waals surface area contributed by atoms with E-state index in [1.54, 1.807) is 28.6 Å². The van der Waals surface area contributed by atoms with Crippen LogP contribution in [0.15, 0.2) is 53.4 Å². The molecule has 4 rings (SSSR count). The summed E-state index contributed by atoms with van der Waals surface area (Å²) >= 11 is 5.34. The molecule has 0 spiro atoms. The van der Waals surface area contributed by atoms with Crippen LogP contribution in [0.1, 0.15) is 36.8 Å². The lowest BCUT2D eigenvalue weighted by Crippen LogP contribution is -2.35. The highest BCUT2D eigenvalue weighted by Crippen LogP contribution is 2.21. The van der Waals surface area contributed by atoms with Crippen LogP contribution in [-0.2, 0) is 27.9 Å². The van der Waals surface area contributed by atoms with Crippen molar-refractivity contribution < 1.29 is 13.2 Å². The first kappa shape index (κ1) is 24.3. The summed E-state index contributed by atoms with van der Waals surface area (Å²) in [5, 5.41) is 10.0. The SMILES string of the molecule is Cc1ccc(-c2n[nH]c(=S)n2CCC(=O)NCc2ccc(S(=O)(=O)N3CCCCC3)cc2)cc1. The van der Waals surface area contributed by atoms with Gasteiger partial charge in [-0.25, -0.2) is 8.42 Å². The molecule has 180 valence electrons. The first-order chi connectivity index (χ1) is 16.3. The minimum Gasteiger partial charge on any atom is -0.352 e. The fourth-order valence-corrected chi connectivity index (χ4v) is 5.72. The number of amides is 1. The average Bonchev–Trinajstić information content (AvgIpc) is 3.23. The van der Waals surface area contributed by atoms with Gasteiger partial charge in [0, 0.05) is 38.2 Å². The Morgan fingerprint density at radius 3 is 2.41 bits per heavy atom. The number of benzene rings is 2. The number of aryl methyl sites for hydroxylation is 1. The number of nitrogens with zero attached hydrogens (tertiary/aromatic N) is 3. The Labute approximate surface area is 205 Å². The Balaban J connectivity index is 1.32. The van der Waals surface area contributed by atoms with Crippen LogP contribution in [0, 0.1) is 11.7 Å². The molecule has 1 aliphatic heterocycles. The number of carbonyl (C=O) groups is 1. The Hall–Kier alpha value is -2.82. The first-order valence-electron chi connectivity index (χ1n) is 11.4. The van der Waals surface area contributed by atoms with E-state index in [-0.39, 0.29) is 12.3 Å². The first-order valence-corrected chi connectivity index (χ1v) is 13.3. The number of aromatic amines is 1. The van der Waals surface area contributed by atoms with Crippen LogP contribution in [0.4, 0.5) is 0 Å². The summed E-state index contributed by atoms with van der Waals surface area (Å²) in [4.78, 5) is 12.8. The molecule has 2 N–H and O–H groups in total. The Kier molecular flexibility index (Phi) is 7.60. The van der Waals surface area contributed by atoms with Crippen LogP contribution in [0.2, 0.25) is 0 Å². The molecule has 1 saturated heterocycles. The number of nitrogens with one attached hydrogen (secondary N) is 2. The van der Waals surface area contributed by atoms with Gasteiger partial charge in [-0.3, -0.25) is 14.5 Å². The molecule has 3 aromatic rings. The van der Waals surface area contributed by atoms with Crippen molar-refractivity contribution in [2.45, 2.75) is 50.6 Å². The van der Waals surface area contributed by atoms with Crippen LogP contribution in [0.25, 0.3) is 11.4 Å². The van der Waals surface area contributed by atoms with Crippen molar-refractivity contribution in [3.8, 4) is 11.4 Å². The van der Waals surface area contributed by atoms with Crippen molar-refractivity contribution in [1.29, 1.82) is 0 Å². The average molecular weight is 500 g/mol. The van der Waals surface area contributed by atoms with Crippen LogP contribution in [0.3, 0.4) is 0 Å². The fraction of sp³-hybridized carbons (Fsp3) is 0.375. The molecular formula is C24H29N5O3S2. The second kappa shape index (κ2) is 10.6. The van der Waals surface area contributed by atoms with Gasteiger partial charge in [0.1, 0.15) is 0 Å². The third-order valence-corrected chi connectivity index (χ3v) is 8.22. The van der Waals surface area contributed by atoms with Gasteiger partial charge in [0.25, 0.3) is 0 Å². The maximum Gasteiger partial charge on any atom is 0.243 e. The molecule has 0 saturated carbocycles. The Morgan fingerprint density at radius 1 is 1.06 bits per heavy atom. The summed E-state index contributed by atoms with van der Waals surface area (Å²) in [7, 11) is -3.45. The molecule has 8 nitrogen and oxygen atoms in total. The maximum absolute atomic E-state index is 12.8. The molecule has 0 bridgehead atoms. The molecule has 0 radical (unpaired) electrons. The van der Waals surface area contributed by atoms with E-state index < -0.39 is 10.0 Å². The van der Waals surface area contributed by atoms with Crippen LogP contribution < -0.4 is 5.32 Å². The molecule has 2 aromatic carbocycles. The van der Waals surface area contributed by atoms with Gasteiger partial charge in [0.15, 0.2) is 10.6 Å². The maximum atomic E-state index is 12.8. The molecule has 1 aliphatic rings. The fourth-order valence-electron chi connectivity index (χ4n) is 3.98. The third-order valence-electron chi connectivity index (χ3n) is 6.00. The summed E-state index contributed by atoms with van der Waals surface area (Å²) < 4.78 is 29.4. The number of hydrogen-bond donors (Lipinski definition) is 2. The van der Waals surface area contributed by atoms with Crippen molar-refractivity contribution in [1.82, 2.24) is 24.4 Å². The van der Waals surface area contributed by atoms with E-state index in [4.69, 9.17) is 12.2 Å². The second-order valence-corrected chi connectivity index (χ2v) is 10.8. The van der Waals surface area contributed by atoms with Crippen LogP contribution >= 0.6 is 12.2 Å². The van der Waals surface area contributed by atoms with Gasteiger partial charge >= 0.3 is 0 Å². The van der Waals surface area contributed by atoms with Gasteiger partial charge in [-0.05, 0) is 49.7 Å². The van der Waals surface area contributed by atoms with Crippen molar-refractivity contribution >= 4 is 28.1 Å². The van der Waals surface area contributed by atoms with Gasteiger partial charge in [-0.1, -0.05) is 48.4 Å². The summed E-state index contributed by atoms with van der Waals surface area (Å²) in [6, 6.07) is 14.7. The molecule has 1 aromatic heterocycles. The normalized spacial score (nSPS) is 14.7. The topological polar surface area (TPSA) is 100 Å². The number of rotatable bonds is 8. The Morgan fingerprint density at radius 2 is 1.74 bits per heavy atom. The van der Waals surface area contributed by atoms with E-state index in [0.717, 1.165) is 36.0 Å². The monoisotopic (exact) mass is 499 g/mol. The van der Waals surface area contributed by atoms with Gasteiger partial charge in [0.2, 0.25) is 15.9 Å². The van der Waals surface area contributed by atoms with Crippen LogP contribution in [-0.4, -0.2) is 46.5 Å². The van der Waals surface area contributed by atoms with Crippen LogP contribution in [0.5, 0.6) is 0 Å². The second-order valence-electron chi connectivity index (χ2n) is 8.51. The zero-order valence-electron chi connectivity index (χ0n) is 19.2. The smallest absolute Gasteiger partial charge is 0.243 e. The largest absolute Gasteiger partial charge is 0.352 e. The van der Waals surface area contributed by atoms with E-state index in [9.17, 15) is 13.2 Å². The molecule has 0 atom stereocenters. The minimum absolute atomic E-state index is 0.122. The number of piperidine rings is 1. The van der Waals surface area contributed by atoms with Crippen molar-refractivity contribution in [2.24, 2.45) is 0 Å². The lowest BCUT2D eigenvalue weighted by molar-refractivity contribution is -0.121. The van der Waals surface area contributed by atoms with Crippen molar-refractivity contribution in [2.75, 3.05) is 13.1 Å². The highest BCUT2D eigenvalue weighted by Gasteiger charge is 2.25. The standard InChI is InChI=1S/C24H29N5O3S2/c1-18-5-9-20(10-6-18)23-26-27-24(33)29(23)16-13-22(30)25-17-19-7-11-21(12-8-19)34(31,32)28-14-3-2-4-15-28/h5-12H,2-4,13-17H2,1H3,(H,25,30)(H,27,33). The van der Waals surface area contributed by atoms with E-state index >= 15 is 0 Å². The number of aromatic nitrogens is 3. The molecule has 10 heteroatoms. The number of sulfonamides is 1. The molecule has 1 fully saturated rings. The van der Waals surface area contributed by atoms with Gasteiger partial charge in [-0.2, -0.15) is 9.40 Å². The third kappa shape index (κ3) is 5.63. The van der Waals surface area contributed by atoms with Gasteiger partial charge < -0.3 is 5.32 Å². The summed E-state index contributed by atoms with van der Waals surface area (Å²) in [6.45, 7) is 3.90. The van der Waals surface area contributed by atoms with E-state index in [2.05, 4.69) is 15.5 Å². The Bertz CT molecular complexity index is 1290. The summed E-state index contributed by atoms with van der Waals surface area (Å²) in [5.41, 5.74) is 2.92. The van der Waals surface area contributed by atoms with Gasteiger partial charge in [-0.15, -0.1) is 0 Å². The summed E-state index contributed by atoms with van der Waals surface area (Å²) in [5.74, 6) is 0.575. The number of H-pyrrole nitrogens is 1. The highest BCUT2D eigenvalue weighted by molar-refractivity contribution is 7.89. The quantitative estimate of drug-likeness (QED) is 0.459. The zero-order chi connectivity index (χ0) is 24.1. The lowest BCUT2D eigenvalue weighted by atomic mass is 10.1. The molecule has 1 amide bonds. The molecule has 0 unspecified atom stereocenters. The minimum atomic E-state index is -3.45. The van der Waals surface area contributed by atoms with E-state index in [1.165, 1.54) is 0 Å². The predicted octanol–water partition coefficient (Wildman–Crippen LogP) is 3.80. The lowest BCUT2D eigenvalue weighted by Gasteiger charge is -2.25. The number of carbonyl (C=O) groups excluding carboxylic acids is 1. The summed E-state index contributed by atoms with van der Waals surface area (Å²) in [6.07, 6.45) is 3.12. The van der Waals surface area contributed by atoms with Crippen molar-refractivity contribution in [3.05, 3.63) is 64.4 Å². The van der Waals surface area contributed by atoms with E-state index in [0.29, 0.717) is 41.7 Å². The molecular weight excluding hydrogens is 470 g/mol. The molecule has 34 heavy (non-hydrogen) atoms. The molecule has 0 aliphatic carbocycles. The van der Waals surface area contributed by atoms with E-state index in [1.807, 2.05) is 35.8 Å². The predicted molar refractivity (Wildman–Crippen MR) is 133 cm³/mol. The van der Waals surface area contributed by atoms with Gasteiger partial charge in [0.05, 0.1) is 4.90 Å².